The van der Waals surface area contributed by atoms with E-state index in [1.54, 1.807) is 31.4 Å². The Kier molecular flexibility index (Phi) is 8.48. The molecule has 1 amide bonds. The molecule has 2 heterocycles. The molecule has 1 saturated carbocycles. The van der Waals surface area contributed by atoms with Crippen molar-refractivity contribution in [3.63, 3.8) is 0 Å². The number of anilines is 2. The fourth-order valence-electron chi connectivity index (χ4n) is 6.75. The number of amides is 1. The van der Waals surface area contributed by atoms with Crippen molar-refractivity contribution in [1.29, 1.82) is 0 Å². The number of piperidine rings is 1. The van der Waals surface area contributed by atoms with Gasteiger partial charge in [0.15, 0.2) is 0 Å². The number of benzene rings is 3. The standard InChI is InChI=1S/C34H41N3O6S/c1-4-18-36-19-14-27(15-20-36)43-30-22-25(35-44(39,40)31-9-6-5-8-29(31)42-3)21-28-32(30)37(33(38)34(28)16-7-17-34)23-24-10-12-26(41-2)13-11-24/h5-6,8-13,21-22,27,35H,4,7,14-20,23H2,1-3H3. The highest BCUT2D eigenvalue weighted by Crippen LogP contribution is 2.57. The lowest BCUT2D eigenvalue weighted by molar-refractivity contribution is -0.126. The SMILES string of the molecule is CCCN1CCC(Oc2cc(NS(=O)(=O)c3ccccc3OC)cc3c2N(Cc2ccc(OC)cc2)C(=O)C32CCC2)CC1. The zero-order chi connectivity index (χ0) is 30.9. The summed E-state index contributed by atoms with van der Waals surface area (Å²) in [6, 6.07) is 17.8. The van der Waals surface area contributed by atoms with Crippen molar-refractivity contribution in [2.45, 2.75) is 68.4 Å². The minimum Gasteiger partial charge on any atom is -0.497 e. The predicted octanol–water partition coefficient (Wildman–Crippen LogP) is 5.73. The van der Waals surface area contributed by atoms with E-state index < -0.39 is 15.4 Å². The second kappa shape index (κ2) is 12.3. The van der Waals surface area contributed by atoms with E-state index in [1.165, 1.54) is 13.2 Å². The first-order valence-corrected chi connectivity index (χ1v) is 16.9. The van der Waals surface area contributed by atoms with Crippen LogP contribution in [-0.2, 0) is 26.8 Å². The van der Waals surface area contributed by atoms with E-state index in [1.807, 2.05) is 35.2 Å². The Labute approximate surface area is 260 Å². The van der Waals surface area contributed by atoms with Gasteiger partial charge < -0.3 is 24.0 Å². The highest BCUT2D eigenvalue weighted by atomic mass is 32.2. The fourth-order valence-corrected chi connectivity index (χ4v) is 7.96. The molecule has 0 aromatic heterocycles. The Morgan fingerprint density at radius 1 is 0.955 bits per heavy atom. The van der Waals surface area contributed by atoms with E-state index in [0.717, 1.165) is 80.7 Å². The minimum atomic E-state index is -3.99. The van der Waals surface area contributed by atoms with Crippen molar-refractivity contribution in [3.05, 3.63) is 71.8 Å². The van der Waals surface area contributed by atoms with Crippen LogP contribution in [0.4, 0.5) is 11.4 Å². The molecule has 2 fully saturated rings. The maximum atomic E-state index is 14.2. The first kappa shape index (κ1) is 30.3. The first-order chi connectivity index (χ1) is 21.3. The number of hydrogen-bond donors (Lipinski definition) is 1. The van der Waals surface area contributed by atoms with Crippen molar-refractivity contribution in [2.24, 2.45) is 0 Å². The van der Waals surface area contributed by atoms with Crippen LogP contribution < -0.4 is 23.8 Å². The number of carbonyl (C=O) groups is 1. The van der Waals surface area contributed by atoms with Crippen LogP contribution in [0.15, 0.2) is 65.6 Å². The van der Waals surface area contributed by atoms with E-state index in [9.17, 15) is 13.2 Å². The van der Waals surface area contributed by atoms with E-state index in [-0.39, 0.29) is 22.7 Å². The molecule has 9 nitrogen and oxygen atoms in total. The van der Waals surface area contributed by atoms with Gasteiger partial charge in [0.2, 0.25) is 5.91 Å². The molecule has 3 aromatic rings. The molecule has 1 saturated heterocycles. The number of ether oxygens (including phenoxy) is 3. The summed E-state index contributed by atoms with van der Waals surface area (Å²) in [4.78, 5) is 18.6. The number of nitrogens with zero attached hydrogens (tertiary/aromatic N) is 2. The number of sulfonamides is 1. The molecule has 3 aliphatic rings. The minimum absolute atomic E-state index is 0.0378. The quantitative estimate of drug-likeness (QED) is 0.293. The zero-order valence-corrected chi connectivity index (χ0v) is 26.5. The van der Waals surface area contributed by atoms with E-state index in [0.29, 0.717) is 18.0 Å². The third-order valence-electron chi connectivity index (χ3n) is 9.20. The molecule has 1 aliphatic carbocycles. The van der Waals surface area contributed by atoms with Crippen molar-refractivity contribution in [2.75, 3.05) is 43.5 Å². The molecule has 6 rings (SSSR count). The van der Waals surface area contributed by atoms with Crippen molar-refractivity contribution < 1.29 is 27.4 Å². The first-order valence-electron chi connectivity index (χ1n) is 15.5. The van der Waals surface area contributed by atoms with Crippen molar-refractivity contribution in [1.82, 2.24) is 4.90 Å². The topological polar surface area (TPSA) is 97.4 Å². The summed E-state index contributed by atoms with van der Waals surface area (Å²) in [6.45, 7) is 5.52. The highest BCUT2D eigenvalue weighted by molar-refractivity contribution is 7.92. The number of rotatable bonds is 11. The van der Waals surface area contributed by atoms with Crippen LogP contribution in [0.1, 0.15) is 56.6 Å². The third kappa shape index (κ3) is 5.61. The zero-order valence-electron chi connectivity index (χ0n) is 25.7. The van der Waals surface area contributed by atoms with E-state index >= 15 is 0 Å². The normalized spacial score (nSPS) is 18.2. The van der Waals surface area contributed by atoms with Gasteiger partial charge in [-0.2, -0.15) is 0 Å². The fraction of sp³-hybridized carbons (Fsp3) is 0.441. The second-order valence-corrected chi connectivity index (χ2v) is 13.6. The van der Waals surface area contributed by atoms with Gasteiger partial charge in [-0.1, -0.05) is 37.6 Å². The van der Waals surface area contributed by atoms with Gasteiger partial charge in [-0.05, 0) is 80.1 Å². The summed E-state index contributed by atoms with van der Waals surface area (Å²) in [5, 5.41) is 0. The molecule has 0 bridgehead atoms. The average molecular weight is 620 g/mol. The summed E-state index contributed by atoms with van der Waals surface area (Å²) in [7, 11) is -0.913. The maximum absolute atomic E-state index is 14.2. The number of fused-ring (bicyclic) bond motifs is 2. The third-order valence-corrected chi connectivity index (χ3v) is 10.6. The van der Waals surface area contributed by atoms with Gasteiger partial charge in [-0.3, -0.25) is 9.52 Å². The molecular weight excluding hydrogens is 578 g/mol. The second-order valence-electron chi connectivity index (χ2n) is 12.0. The number of hydrogen-bond acceptors (Lipinski definition) is 7. The predicted molar refractivity (Wildman–Crippen MR) is 170 cm³/mol. The molecule has 44 heavy (non-hydrogen) atoms. The van der Waals surface area contributed by atoms with Gasteiger partial charge in [0.05, 0.1) is 37.6 Å². The van der Waals surface area contributed by atoms with Crippen molar-refractivity contribution >= 4 is 27.3 Å². The number of para-hydroxylation sites is 1. The largest absolute Gasteiger partial charge is 0.497 e. The lowest BCUT2D eigenvalue weighted by Crippen LogP contribution is -2.44. The molecule has 10 heteroatoms. The molecule has 2 aliphatic heterocycles. The van der Waals surface area contributed by atoms with Crippen LogP contribution >= 0.6 is 0 Å². The summed E-state index contributed by atoms with van der Waals surface area (Å²) >= 11 is 0. The molecule has 3 aromatic carbocycles. The van der Waals surface area contributed by atoms with Crippen LogP contribution in [0.3, 0.4) is 0 Å². The van der Waals surface area contributed by atoms with E-state index in [2.05, 4.69) is 16.5 Å². The van der Waals surface area contributed by atoms with Gasteiger partial charge in [0.25, 0.3) is 10.0 Å². The molecular formula is C34H41N3O6S. The molecule has 1 N–H and O–H groups in total. The van der Waals surface area contributed by atoms with E-state index in [4.69, 9.17) is 14.2 Å². The molecule has 0 atom stereocenters. The van der Waals surface area contributed by atoms with Gasteiger partial charge in [-0.25, -0.2) is 8.42 Å². The number of likely N-dealkylation sites (tertiary alicyclic amines) is 1. The van der Waals surface area contributed by atoms with Gasteiger partial charge in [0.1, 0.15) is 28.2 Å². The van der Waals surface area contributed by atoms with Gasteiger partial charge in [0, 0.05) is 19.2 Å². The monoisotopic (exact) mass is 619 g/mol. The average Bonchev–Trinajstić information content (AvgIpc) is 3.26. The Bertz CT molecular complexity index is 1610. The van der Waals surface area contributed by atoms with Crippen LogP contribution in [0.2, 0.25) is 0 Å². The number of nitrogens with one attached hydrogen (secondary N) is 1. The van der Waals surface area contributed by atoms with Crippen LogP contribution in [0.25, 0.3) is 0 Å². The lowest BCUT2D eigenvalue weighted by atomic mass is 9.65. The number of methoxy groups -OCH3 is 2. The summed E-state index contributed by atoms with van der Waals surface area (Å²) in [5.74, 6) is 1.59. The highest BCUT2D eigenvalue weighted by Gasteiger charge is 2.55. The molecule has 0 unspecified atom stereocenters. The van der Waals surface area contributed by atoms with Crippen LogP contribution in [-0.4, -0.2) is 59.2 Å². The summed E-state index contributed by atoms with van der Waals surface area (Å²) < 4.78 is 47.4. The Balaban J connectivity index is 1.40. The van der Waals surface area contributed by atoms with Crippen molar-refractivity contribution in [3.8, 4) is 17.2 Å². The van der Waals surface area contributed by atoms with Gasteiger partial charge >= 0.3 is 0 Å². The van der Waals surface area contributed by atoms with Gasteiger partial charge in [-0.15, -0.1) is 0 Å². The maximum Gasteiger partial charge on any atom is 0.265 e. The smallest absolute Gasteiger partial charge is 0.265 e. The molecule has 234 valence electrons. The lowest BCUT2D eigenvalue weighted by Gasteiger charge is -2.37. The number of carbonyl (C=O) groups excluding carboxylic acids is 1. The summed E-state index contributed by atoms with van der Waals surface area (Å²) in [5.41, 5.74) is 2.25. The summed E-state index contributed by atoms with van der Waals surface area (Å²) in [6.07, 6.45) is 5.17. The Hall–Kier alpha value is -3.76. The Morgan fingerprint density at radius 3 is 2.32 bits per heavy atom. The van der Waals surface area contributed by atoms with Crippen LogP contribution in [0.5, 0.6) is 17.2 Å². The molecule has 0 radical (unpaired) electrons. The Morgan fingerprint density at radius 2 is 1.68 bits per heavy atom. The molecule has 1 spiro atoms. The van der Waals surface area contributed by atoms with Crippen LogP contribution in [0, 0.1) is 0 Å².